The van der Waals surface area contributed by atoms with Gasteiger partial charge in [-0.05, 0) is 31.9 Å². The van der Waals surface area contributed by atoms with Crippen molar-refractivity contribution in [3.05, 3.63) is 18.3 Å². The third-order valence-electron chi connectivity index (χ3n) is 3.27. The van der Waals surface area contributed by atoms with Crippen molar-refractivity contribution in [2.24, 2.45) is 0 Å². The third kappa shape index (κ3) is 2.88. The van der Waals surface area contributed by atoms with E-state index in [2.05, 4.69) is 10.3 Å². The van der Waals surface area contributed by atoms with Crippen molar-refractivity contribution in [2.75, 3.05) is 25.5 Å². The van der Waals surface area contributed by atoms with Gasteiger partial charge in [0.05, 0.1) is 5.60 Å². The summed E-state index contributed by atoms with van der Waals surface area (Å²) >= 11 is 0. The summed E-state index contributed by atoms with van der Waals surface area (Å²) in [5, 5.41) is 12.8. The zero-order chi connectivity index (χ0) is 14.1. The second kappa shape index (κ2) is 5.07. The Hall–Kier alpha value is -1.18. The van der Waals surface area contributed by atoms with E-state index in [1.807, 2.05) is 0 Å². The standard InChI is InChI=1S/C12H19N3O3S/c1-12(16)6-4-8-15(9-12)19(17,18)10-5-3-7-14-11(10)13-2/h3,5,7,16H,4,6,8-9H2,1-2H3,(H,13,14). The lowest BCUT2D eigenvalue weighted by atomic mass is 9.97. The van der Waals surface area contributed by atoms with Crippen LogP contribution in [-0.4, -0.2) is 48.6 Å². The van der Waals surface area contributed by atoms with E-state index in [1.54, 1.807) is 20.0 Å². The fourth-order valence-corrected chi connectivity index (χ4v) is 4.05. The lowest BCUT2D eigenvalue weighted by Crippen LogP contribution is -2.48. The number of nitrogens with one attached hydrogen (secondary N) is 1. The van der Waals surface area contributed by atoms with E-state index in [-0.39, 0.29) is 11.4 Å². The summed E-state index contributed by atoms with van der Waals surface area (Å²) in [6, 6.07) is 3.12. The minimum absolute atomic E-state index is 0.118. The number of hydrogen-bond donors (Lipinski definition) is 2. The smallest absolute Gasteiger partial charge is 0.246 e. The first-order valence-electron chi connectivity index (χ1n) is 6.22. The molecule has 106 valence electrons. The van der Waals surface area contributed by atoms with Crippen LogP contribution in [0.1, 0.15) is 19.8 Å². The number of β-amino-alcohol motifs (C(OH)–C–C–N with tert-alkyl or cyclic N) is 1. The van der Waals surface area contributed by atoms with Gasteiger partial charge in [-0.3, -0.25) is 0 Å². The molecule has 6 nitrogen and oxygen atoms in total. The SMILES string of the molecule is CNc1ncccc1S(=O)(=O)N1CCCC(C)(O)C1. The molecule has 1 aliphatic heterocycles. The Balaban J connectivity index is 2.37. The fraction of sp³-hybridized carbons (Fsp3) is 0.583. The van der Waals surface area contributed by atoms with Gasteiger partial charge in [-0.2, -0.15) is 4.31 Å². The molecule has 1 unspecified atom stereocenters. The van der Waals surface area contributed by atoms with Gasteiger partial charge in [0.25, 0.3) is 0 Å². The number of hydrogen-bond acceptors (Lipinski definition) is 5. The van der Waals surface area contributed by atoms with Crippen molar-refractivity contribution in [3.8, 4) is 0 Å². The Kier molecular flexibility index (Phi) is 3.80. The molecule has 2 rings (SSSR count). The van der Waals surface area contributed by atoms with Crippen LogP contribution in [0.3, 0.4) is 0 Å². The number of pyridine rings is 1. The molecular formula is C12H19N3O3S. The molecule has 1 aromatic rings. The van der Waals surface area contributed by atoms with Gasteiger partial charge in [-0.15, -0.1) is 0 Å². The van der Waals surface area contributed by atoms with Crippen LogP contribution >= 0.6 is 0 Å². The molecule has 0 spiro atoms. The minimum atomic E-state index is -3.63. The number of rotatable bonds is 3. The maximum absolute atomic E-state index is 12.6. The highest BCUT2D eigenvalue weighted by atomic mass is 32.2. The number of nitrogens with zero attached hydrogens (tertiary/aromatic N) is 2. The van der Waals surface area contributed by atoms with E-state index >= 15 is 0 Å². The molecule has 0 bridgehead atoms. The summed E-state index contributed by atoms with van der Waals surface area (Å²) in [6.45, 7) is 2.21. The van der Waals surface area contributed by atoms with Crippen LogP contribution in [0.25, 0.3) is 0 Å². The van der Waals surface area contributed by atoms with Gasteiger partial charge in [0, 0.05) is 26.3 Å². The lowest BCUT2D eigenvalue weighted by Gasteiger charge is -2.36. The first-order chi connectivity index (χ1) is 8.87. The Labute approximate surface area is 113 Å². The Morgan fingerprint density at radius 3 is 2.89 bits per heavy atom. The van der Waals surface area contributed by atoms with Gasteiger partial charge in [0.1, 0.15) is 10.7 Å². The lowest BCUT2D eigenvalue weighted by molar-refractivity contribution is 0.00940. The van der Waals surface area contributed by atoms with Crippen LogP contribution in [-0.2, 0) is 10.0 Å². The van der Waals surface area contributed by atoms with E-state index in [0.29, 0.717) is 25.2 Å². The summed E-state index contributed by atoms with van der Waals surface area (Å²) in [5.41, 5.74) is -0.965. The monoisotopic (exact) mass is 285 g/mol. The molecule has 19 heavy (non-hydrogen) atoms. The predicted molar refractivity (Wildman–Crippen MR) is 72.4 cm³/mol. The number of anilines is 1. The highest BCUT2D eigenvalue weighted by Gasteiger charge is 2.36. The van der Waals surface area contributed by atoms with Crippen molar-refractivity contribution < 1.29 is 13.5 Å². The largest absolute Gasteiger partial charge is 0.389 e. The molecule has 1 fully saturated rings. The highest BCUT2D eigenvalue weighted by molar-refractivity contribution is 7.89. The summed E-state index contributed by atoms with van der Waals surface area (Å²) in [5.74, 6) is 0.327. The Morgan fingerprint density at radius 1 is 1.53 bits per heavy atom. The summed E-state index contributed by atoms with van der Waals surface area (Å²) in [6.07, 6.45) is 2.81. The van der Waals surface area contributed by atoms with E-state index < -0.39 is 15.6 Å². The summed E-state index contributed by atoms with van der Waals surface area (Å²) < 4.78 is 26.5. The molecule has 0 saturated carbocycles. The van der Waals surface area contributed by atoms with Crippen LogP contribution < -0.4 is 5.32 Å². The molecule has 1 atom stereocenters. The van der Waals surface area contributed by atoms with Crippen LogP contribution in [0.15, 0.2) is 23.2 Å². The molecule has 7 heteroatoms. The zero-order valence-corrected chi connectivity index (χ0v) is 11.9. The normalized spacial score (nSPS) is 25.2. The number of aromatic nitrogens is 1. The molecule has 1 saturated heterocycles. The number of piperidine rings is 1. The summed E-state index contributed by atoms with van der Waals surface area (Å²) in [4.78, 5) is 4.16. The topological polar surface area (TPSA) is 82.5 Å². The van der Waals surface area contributed by atoms with Crippen LogP contribution in [0.4, 0.5) is 5.82 Å². The highest BCUT2D eigenvalue weighted by Crippen LogP contribution is 2.28. The molecule has 2 heterocycles. The number of sulfonamides is 1. The van der Waals surface area contributed by atoms with Gasteiger partial charge in [0.2, 0.25) is 10.0 Å². The first-order valence-corrected chi connectivity index (χ1v) is 7.66. The van der Waals surface area contributed by atoms with Gasteiger partial charge < -0.3 is 10.4 Å². The van der Waals surface area contributed by atoms with Gasteiger partial charge >= 0.3 is 0 Å². The molecule has 2 N–H and O–H groups in total. The minimum Gasteiger partial charge on any atom is -0.389 e. The van der Waals surface area contributed by atoms with Gasteiger partial charge in [-0.25, -0.2) is 13.4 Å². The molecule has 1 aliphatic rings. The molecule has 0 aromatic carbocycles. The second-order valence-electron chi connectivity index (χ2n) is 5.04. The third-order valence-corrected chi connectivity index (χ3v) is 5.14. The van der Waals surface area contributed by atoms with Crippen molar-refractivity contribution >= 4 is 15.8 Å². The predicted octanol–water partition coefficient (Wildman–Crippen LogP) is 0.659. The van der Waals surface area contributed by atoms with Gasteiger partial charge in [-0.1, -0.05) is 0 Å². The first kappa shape index (κ1) is 14.2. The molecular weight excluding hydrogens is 266 g/mol. The average Bonchev–Trinajstić information content (AvgIpc) is 2.37. The maximum Gasteiger partial charge on any atom is 0.246 e. The Bertz CT molecular complexity index is 557. The van der Waals surface area contributed by atoms with Crippen LogP contribution in [0.2, 0.25) is 0 Å². The fourth-order valence-electron chi connectivity index (χ4n) is 2.30. The molecule has 1 aromatic heterocycles. The van der Waals surface area contributed by atoms with E-state index in [1.165, 1.54) is 16.6 Å². The Morgan fingerprint density at radius 2 is 2.26 bits per heavy atom. The van der Waals surface area contributed by atoms with Crippen molar-refractivity contribution in [2.45, 2.75) is 30.3 Å². The van der Waals surface area contributed by atoms with Crippen LogP contribution in [0, 0.1) is 0 Å². The maximum atomic E-state index is 12.6. The van der Waals surface area contributed by atoms with Crippen LogP contribution in [0.5, 0.6) is 0 Å². The van der Waals surface area contributed by atoms with Crippen molar-refractivity contribution in [1.82, 2.24) is 9.29 Å². The van der Waals surface area contributed by atoms with Crippen molar-refractivity contribution in [3.63, 3.8) is 0 Å². The molecule has 0 radical (unpaired) electrons. The molecule has 0 amide bonds. The quantitative estimate of drug-likeness (QED) is 0.852. The number of aliphatic hydroxyl groups is 1. The average molecular weight is 285 g/mol. The van der Waals surface area contributed by atoms with E-state index in [0.717, 1.165) is 0 Å². The molecule has 0 aliphatic carbocycles. The van der Waals surface area contributed by atoms with E-state index in [9.17, 15) is 13.5 Å². The van der Waals surface area contributed by atoms with E-state index in [4.69, 9.17) is 0 Å². The van der Waals surface area contributed by atoms with Gasteiger partial charge in [0.15, 0.2) is 0 Å². The summed E-state index contributed by atoms with van der Waals surface area (Å²) in [7, 11) is -1.99. The van der Waals surface area contributed by atoms with Crippen molar-refractivity contribution in [1.29, 1.82) is 0 Å². The second-order valence-corrected chi connectivity index (χ2v) is 6.95. The zero-order valence-electron chi connectivity index (χ0n) is 11.1.